The highest BCUT2D eigenvalue weighted by atomic mass is 16.5. The molecule has 0 aliphatic heterocycles. The van der Waals surface area contributed by atoms with E-state index in [2.05, 4.69) is 0 Å². The monoisotopic (exact) mass is 350 g/mol. The van der Waals surface area contributed by atoms with E-state index in [4.69, 9.17) is 9.47 Å². The summed E-state index contributed by atoms with van der Waals surface area (Å²) in [6.07, 6.45) is 5.63. The number of rotatable bonds is 6. The quantitative estimate of drug-likeness (QED) is 0.574. The molecule has 3 rings (SSSR count). The Morgan fingerprint density at radius 3 is 2.69 bits per heavy atom. The van der Waals surface area contributed by atoms with Crippen molar-refractivity contribution in [3.8, 4) is 5.75 Å². The van der Waals surface area contributed by atoms with Crippen LogP contribution in [-0.2, 0) is 22.6 Å². The summed E-state index contributed by atoms with van der Waals surface area (Å²) in [5.41, 5.74) is 3.88. The second-order valence-corrected chi connectivity index (χ2v) is 6.21. The number of benzene rings is 2. The number of carbonyl (C=O) groups is 2. The average Bonchev–Trinajstić information content (AvgIpc) is 2.66. The number of hydrogen-bond donors (Lipinski definition) is 0. The van der Waals surface area contributed by atoms with Crippen molar-refractivity contribution in [1.29, 1.82) is 0 Å². The van der Waals surface area contributed by atoms with Crippen molar-refractivity contribution in [3.05, 3.63) is 70.8 Å². The Balaban J connectivity index is 1.58. The van der Waals surface area contributed by atoms with Gasteiger partial charge < -0.3 is 9.47 Å². The Morgan fingerprint density at radius 2 is 1.92 bits per heavy atom. The van der Waals surface area contributed by atoms with E-state index in [0.29, 0.717) is 19.6 Å². The zero-order valence-electron chi connectivity index (χ0n) is 14.9. The second kappa shape index (κ2) is 8.48. The van der Waals surface area contributed by atoms with Gasteiger partial charge >= 0.3 is 5.97 Å². The van der Waals surface area contributed by atoms with Crippen molar-refractivity contribution >= 4 is 17.8 Å². The van der Waals surface area contributed by atoms with Crippen molar-refractivity contribution in [2.45, 2.75) is 32.8 Å². The van der Waals surface area contributed by atoms with Gasteiger partial charge in [-0.3, -0.25) is 4.79 Å². The molecule has 26 heavy (non-hydrogen) atoms. The molecule has 0 unspecified atom stereocenters. The smallest absolute Gasteiger partial charge is 0.330 e. The Hall–Kier alpha value is -2.88. The molecular formula is C22H22O4. The predicted octanol–water partition coefficient (Wildman–Crippen LogP) is 4.36. The molecule has 0 bridgehead atoms. The van der Waals surface area contributed by atoms with Gasteiger partial charge in [0, 0.05) is 18.1 Å². The SMILES string of the molecule is CCOC(=O)/C=C/c1ccc(COc2ccc3c(c2)CCCC3=O)cc1. The first-order valence-corrected chi connectivity index (χ1v) is 8.88. The molecule has 4 nitrogen and oxygen atoms in total. The molecule has 0 amide bonds. The third-order valence-corrected chi connectivity index (χ3v) is 4.31. The first-order valence-electron chi connectivity index (χ1n) is 8.88. The van der Waals surface area contributed by atoms with E-state index in [1.165, 1.54) is 6.08 Å². The molecule has 134 valence electrons. The third-order valence-electron chi connectivity index (χ3n) is 4.31. The Morgan fingerprint density at radius 1 is 1.12 bits per heavy atom. The maximum atomic E-state index is 11.9. The van der Waals surface area contributed by atoms with Crippen LogP contribution in [0.4, 0.5) is 0 Å². The average molecular weight is 350 g/mol. The summed E-state index contributed by atoms with van der Waals surface area (Å²) in [5.74, 6) is 0.666. The van der Waals surface area contributed by atoms with Gasteiger partial charge in [-0.1, -0.05) is 24.3 Å². The van der Waals surface area contributed by atoms with Crippen LogP contribution in [0.1, 0.15) is 46.8 Å². The van der Waals surface area contributed by atoms with E-state index in [1.807, 2.05) is 42.5 Å². The standard InChI is InChI=1S/C22H22O4/c1-2-25-22(24)13-10-16-6-8-17(9-7-16)15-26-19-11-12-20-18(14-19)4-3-5-21(20)23/h6-14H,2-5,15H2,1H3/b13-10+. The molecule has 0 atom stereocenters. The number of ketones is 1. The fourth-order valence-corrected chi connectivity index (χ4v) is 2.96. The van der Waals surface area contributed by atoms with Crippen LogP contribution >= 0.6 is 0 Å². The van der Waals surface area contributed by atoms with Crippen LogP contribution in [0.2, 0.25) is 0 Å². The van der Waals surface area contributed by atoms with Crippen molar-refractivity contribution in [2.24, 2.45) is 0 Å². The minimum absolute atomic E-state index is 0.226. The number of ether oxygens (including phenoxy) is 2. The third kappa shape index (κ3) is 4.60. The fraction of sp³-hybridized carbons (Fsp3) is 0.273. The number of Topliss-reactive ketones (excluding diaryl/α,β-unsaturated/α-hetero) is 1. The summed E-state index contributed by atoms with van der Waals surface area (Å²) >= 11 is 0. The summed E-state index contributed by atoms with van der Waals surface area (Å²) in [6, 6.07) is 13.5. The lowest BCUT2D eigenvalue weighted by Gasteiger charge is -2.16. The lowest BCUT2D eigenvalue weighted by atomic mass is 9.90. The van der Waals surface area contributed by atoms with Crippen molar-refractivity contribution in [3.63, 3.8) is 0 Å². The van der Waals surface area contributed by atoms with Gasteiger partial charge in [-0.2, -0.15) is 0 Å². The predicted molar refractivity (Wildman–Crippen MR) is 100 cm³/mol. The molecule has 4 heteroatoms. The first-order chi connectivity index (χ1) is 12.7. The molecule has 0 saturated heterocycles. The maximum Gasteiger partial charge on any atom is 0.330 e. The number of hydrogen-bond acceptors (Lipinski definition) is 4. The minimum atomic E-state index is -0.342. The van der Waals surface area contributed by atoms with E-state index in [9.17, 15) is 9.59 Å². The topological polar surface area (TPSA) is 52.6 Å². The van der Waals surface area contributed by atoms with Crippen molar-refractivity contribution in [1.82, 2.24) is 0 Å². The molecule has 0 heterocycles. The number of esters is 1. The van der Waals surface area contributed by atoms with E-state index >= 15 is 0 Å². The van der Waals surface area contributed by atoms with Crippen LogP contribution in [0.5, 0.6) is 5.75 Å². The highest BCUT2D eigenvalue weighted by Gasteiger charge is 2.17. The number of carbonyl (C=O) groups excluding carboxylic acids is 2. The molecule has 2 aromatic rings. The zero-order valence-corrected chi connectivity index (χ0v) is 14.9. The fourth-order valence-electron chi connectivity index (χ4n) is 2.96. The van der Waals surface area contributed by atoms with Gasteiger partial charge in [-0.05, 0) is 60.7 Å². The first kappa shape index (κ1) is 17.9. The molecular weight excluding hydrogens is 328 g/mol. The van der Waals surface area contributed by atoms with Gasteiger partial charge in [0.25, 0.3) is 0 Å². The van der Waals surface area contributed by atoms with Gasteiger partial charge in [-0.15, -0.1) is 0 Å². The van der Waals surface area contributed by atoms with Gasteiger partial charge in [0.05, 0.1) is 6.61 Å². The van der Waals surface area contributed by atoms with Gasteiger partial charge in [-0.25, -0.2) is 4.79 Å². The van der Waals surface area contributed by atoms with Gasteiger partial charge in [0.2, 0.25) is 0 Å². The molecule has 0 saturated carbocycles. The molecule has 1 aliphatic rings. The lowest BCUT2D eigenvalue weighted by Crippen LogP contribution is -2.10. The summed E-state index contributed by atoms with van der Waals surface area (Å²) in [4.78, 5) is 23.2. The highest BCUT2D eigenvalue weighted by molar-refractivity contribution is 5.98. The van der Waals surface area contributed by atoms with E-state index in [0.717, 1.165) is 40.8 Å². The van der Waals surface area contributed by atoms with Crippen LogP contribution < -0.4 is 4.74 Å². The molecule has 0 N–H and O–H groups in total. The lowest BCUT2D eigenvalue weighted by molar-refractivity contribution is -0.137. The molecule has 0 fully saturated rings. The Labute approximate surface area is 153 Å². The molecule has 0 spiro atoms. The summed E-state index contributed by atoms with van der Waals surface area (Å²) in [5, 5.41) is 0. The van der Waals surface area contributed by atoms with E-state index < -0.39 is 0 Å². The van der Waals surface area contributed by atoms with Gasteiger partial charge in [0.15, 0.2) is 5.78 Å². The van der Waals surface area contributed by atoms with Crippen LogP contribution in [0.3, 0.4) is 0 Å². The molecule has 2 aromatic carbocycles. The van der Waals surface area contributed by atoms with Crippen LogP contribution in [0.25, 0.3) is 6.08 Å². The van der Waals surface area contributed by atoms with Crippen LogP contribution in [0.15, 0.2) is 48.5 Å². The zero-order chi connectivity index (χ0) is 18.4. The largest absolute Gasteiger partial charge is 0.489 e. The summed E-state index contributed by atoms with van der Waals surface area (Å²) in [6.45, 7) is 2.60. The minimum Gasteiger partial charge on any atom is -0.489 e. The van der Waals surface area contributed by atoms with Crippen LogP contribution in [-0.4, -0.2) is 18.4 Å². The van der Waals surface area contributed by atoms with Crippen molar-refractivity contribution < 1.29 is 19.1 Å². The van der Waals surface area contributed by atoms with Crippen LogP contribution in [0, 0.1) is 0 Å². The Bertz CT molecular complexity index is 819. The highest BCUT2D eigenvalue weighted by Crippen LogP contribution is 2.26. The van der Waals surface area contributed by atoms with E-state index in [1.54, 1.807) is 13.0 Å². The second-order valence-electron chi connectivity index (χ2n) is 6.21. The van der Waals surface area contributed by atoms with Crippen molar-refractivity contribution in [2.75, 3.05) is 6.61 Å². The summed E-state index contributed by atoms with van der Waals surface area (Å²) in [7, 11) is 0. The Kier molecular flexibility index (Phi) is 5.84. The normalized spacial score (nSPS) is 13.5. The molecule has 1 aliphatic carbocycles. The number of fused-ring (bicyclic) bond motifs is 1. The number of aryl methyl sites for hydroxylation is 1. The van der Waals surface area contributed by atoms with E-state index in [-0.39, 0.29) is 11.8 Å². The molecule has 0 radical (unpaired) electrons. The maximum absolute atomic E-state index is 11.9. The summed E-state index contributed by atoms with van der Waals surface area (Å²) < 4.78 is 10.7. The van der Waals surface area contributed by atoms with Gasteiger partial charge in [0.1, 0.15) is 12.4 Å². The molecule has 0 aromatic heterocycles.